The average Bonchev–Trinajstić information content (AvgIpc) is 3.11. The first-order valence-corrected chi connectivity index (χ1v) is 8.75. The number of hydrogen-bond acceptors (Lipinski definition) is 4. The van der Waals surface area contributed by atoms with E-state index in [0.717, 1.165) is 57.9 Å². The highest BCUT2D eigenvalue weighted by Gasteiger charge is 2.24. The van der Waals surface area contributed by atoms with Gasteiger partial charge in [-0.1, -0.05) is 12.1 Å². The Hall–Kier alpha value is -1.75. The van der Waals surface area contributed by atoms with Crippen molar-refractivity contribution in [3.8, 4) is 5.75 Å². The molecule has 5 nitrogen and oxygen atoms in total. The van der Waals surface area contributed by atoms with E-state index in [4.69, 9.17) is 4.74 Å². The fraction of sp³-hybridized carbons (Fsp3) is 0.611. The number of piperazine rings is 1. The molecule has 0 unspecified atom stereocenters. The van der Waals surface area contributed by atoms with Crippen LogP contribution in [0.25, 0.3) is 0 Å². The lowest BCUT2D eigenvalue weighted by molar-refractivity contribution is -0.131. The van der Waals surface area contributed by atoms with E-state index in [1.807, 2.05) is 24.0 Å². The van der Waals surface area contributed by atoms with Crippen LogP contribution in [0.5, 0.6) is 5.75 Å². The fourth-order valence-corrected chi connectivity index (χ4v) is 3.40. The SMILES string of the molecule is CCOc1ccccc1N1CCN(CC(=O)N2CCCC2)CC1. The van der Waals surface area contributed by atoms with Gasteiger partial charge in [0.2, 0.25) is 5.91 Å². The van der Waals surface area contributed by atoms with Crippen molar-refractivity contribution < 1.29 is 9.53 Å². The van der Waals surface area contributed by atoms with Crippen LogP contribution in [0.4, 0.5) is 5.69 Å². The second-order valence-corrected chi connectivity index (χ2v) is 6.25. The molecule has 2 saturated heterocycles. The van der Waals surface area contributed by atoms with Crippen LogP contribution in [-0.4, -0.2) is 68.1 Å². The molecule has 3 rings (SSSR count). The minimum atomic E-state index is 0.297. The Balaban J connectivity index is 1.53. The van der Waals surface area contributed by atoms with Gasteiger partial charge < -0.3 is 14.5 Å². The molecule has 1 amide bonds. The molecule has 0 atom stereocenters. The summed E-state index contributed by atoms with van der Waals surface area (Å²) < 4.78 is 5.73. The Bertz CT molecular complexity index is 521. The van der Waals surface area contributed by atoms with E-state index >= 15 is 0 Å². The zero-order valence-corrected chi connectivity index (χ0v) is 14.0. The van der Waals surface area contributed by atoms with Crippen LogP contribution in [0.15, 0.2) is 24.3 Å². The first-order chi connectivity index (χ1) is 11.3. The normalized spacial score (nSPS) is 19.2. The number of carbonyl (C=O) groups excluding carboxylic acids is 1. The average molecular weight is 317 g/mol. The predicted molar refractivity (Wildman–Crippen MR) is 92.1 cm³/mol. The second kappa shape index (κ2) is 7.68. The maximum atomic E-state index is 12.3. The fourth-order valence-electron chi connectivity index (χ4n) is 3.40. The van der Waals surface area contributed by atoms with Crippen LogP contribution in [0, 0.1) is 0 Å². The van der Waals surface area contributed by atoms with Crippen LogP contribution in [0.1, 0.15) is 19.8 Å². The molecule has 5 heteroatoms. The van der Waals surface area contributed by atoms with Gasteiger partial charge in [0.25, 0.3) is 0 Å². The second-order valence-electron chi connectivity index (χ2n) is 6.25. The van der Waals surface area contributed by atoms with Crippen molar-refractivity contribution in [1.29, 1.82) is 0 Å². The number of carbonyl (C=O) groups is 1. The standard InChI is InChI=1S/C18H27N3O2/c1-2-23-17-8-4-3-7-16(17)20-13-11-19(12-14-20)15-18(22)21-9-5-6-10-21/h3-4,7-8H,2,5-6,9-15H2,1H3. The first kappa shape index (κ1) is 16.1. The van der Waals surface area contributed by atoms with E-state index in [1.54, 1.807) is 0 Å². The van der Waals surface area contributed by atoms with Crippen LogP contribution in [0.3, 0.4) is 0 Å². The molecular weight excluding hydrogens is 290 g/mol. The number of nitrogens with zero attached hydrogens (tertiary/aromatic N) is 3. The number of likely N-dealkylation sites (tertiary alicyclic amines) is 1. The monoisotopic (exact) mass is 317 g/mol. The first-order valence-electron chi connectivity index (χ1n) is 8.75. The third-order valence-corrected chi connectivity index (χ3v) is 4.70. The molecule has 0 radical (unpaired) electrons. The highest BCUT2D eigenvalue weighted by atomic mass is 16.5. The Morgan fingerprint density at radius 1 is 1.04 bits per heavy atom. The third-order valence-electron chi connectivity index (χ3n) is 4.70. The van der Waals surface area contributed by atoms with Crippen molar-refractivity contribution in [1.82, 2.24) is 9.80 Å². The highest BCUT2D eigenvalue weighted by molar-refractivity contribution is 5.78. The van der Waals surface area contributed by atoms with Gasteiger partial charge in [0.1, 0.15) is 5.75 Å². The van der Waals surface area contributed by atoms with Crippen molar-refractivity contribution in [2.45, 2.75) is 19.8 Å². The summed E-state index contributed by atoms with van der Waals surface area (Å²) in [6.07, 6.45) is 2.32. The van der Waals surface area contributed by atoms with E-state index in [1.165, 1.54) is 5.69 Å². The van der Waals surface area contributed by atoms with E-state index in [9.17, 15) is 4.79 Å². The molecule has 0 aliphatic carbocycles. The minimum Gasteiger partial charge on any atom is -0.492 e. The molecule has 23 heavy (non-hydrogen) atoms. The molecule has 2 fully saturated rings. The van der Waals surface area contributed by atoms with Gasteiger partial charge in [-0.05, 0) is 31.9 Å². The molecule has 0 bridgehead atoms. The number of anilines is 1. The molecular formula is C18H27N3O2. The number of rotatable bonds is 5. The third kappa shape index (κ3) is 3.96. The van der Waals surface area contributed by atoms with Gasteiger partial charge >= 0.3 is 0 Å². The Kier molecular flexibility index (Phi) is 5.39. The number of para-hydroxylation sites is 2. The lowest BCUT2D eigenvalue weighted by Crippen LogP contribution is -2.50. The van der Waals surface area contributed by atoms with E-state index in [2.05, 4.69) is 21.9 Å². The highest BCUT2D eigenvalue weighted by Crippen LogP contribution is 2.28. The lowest BCUT2D eigenvalue weighted by atomic mass is 10.2. The molecule has 126 valence electrons. The summed E-state index contributed by atoms with van der Waals surface area (Å²) in [5, 5.41) is 0. The quantitative estimate of drug-likeness (QED) is 0.830. The van der Waals surface area contributed by atoms with Crippen molar-refractivity contribution in [3.63, 3.8) is 0 Å². The molecule has 0 aromatic heterocycles. The topological polar surface area (TPSA) is 36.0 Å². The number of amides is 1. The number of ether oxygens (including phenoxy) is 1. The number of hydrogen-bond donors (Lipinski definition) is 0. The molecule has 2 aliphatic heterocycles. The summed E-state index contributed by atoms with van der Waals surface area (Å²) >= 11 is 0. The number of benzene rings is 1. The Labute approximate surface area is 138 Å². The predicted octanol–water partition coefficient (Wildman–Crippen LogP) is 1.83. The molecule has 2 heterocycles. The largest absolute Gasteiger partial charge is 0.492 e. The smallest absolute Gasteiger partial charge is 0.236 e. The van der Waals surface area contributed by atoms with Gasteiger partial charge in [0, 0.05) is 39.3 Å². The van der Waals surface area contributed by atoms with Crippen molar-refractivity contribution in [2.24, 2.45) is 0 Å². The maximum Gasteiger partial charge on any atom is 0.236 e. The molecule has 2 aliphatic rings. The summed E-state index contributed by atoms with van der Waals surface area (Å²) in [6.45, 7) is 8.90. The van der Waals surface area contributed by atoms with Gasteiger partial charge in [-0.2, -0.15) is 0 Å². The van der Waals surface area contributed by atoms with Crippen molar-refractivity contribution in [3.05, 3.63) is 24.3 Å². The minimum absolute atomic E-state index is 0.297. The molecule has 1 aromatic carbocycles. The van der Waals surface area contributed by atoms with Gasteiger partial charge in [-0.25, -0.2) is 0 Å². The van der Waals surface area contributed by atoms with Crippen LogP contribution in [0.2, 0.25) is 0 Å². The van der Waals surface area contributed by atoms with Crippen LogP contribution >= 0.6 is 0 Å². The summed E-state index contributed by atoms with van der Waals surface area (Å²) in [4.78, 5) is 18.9. The van der Waals surface area contributed by atoms with Gasteiger partial charge in [0.05, 0.1) is 18.8 Å². The summed E-state index contributed by atoms with van der Waals surface area (Å²) in [5.74, 6) is 1.25. The van der Waals surface area contributed by atoms with Gasteiger partial charge in [0.15, 0.2) is 0 Å². The maximum absolute atomic E-state index is 12.3. The van der Waals surface area contributed by atoms with Crippen LogP contribution < -0.4 is 9.64 Å². The summed E-state index contributed by atoms with van der Waals surface area (Å²) in [7, 11) is 0. The summed E-state index contributed by atoms with van der Waals surface area (Å²) in [5.41, 5.74) is 1.17. The van der Waals surface area contributed by atoms with E-state index < -0.39 is 0 Å². The Morgan fingerprint density at radius 3 is 2.43 bits per heavy atom. The van der Waals surface area contributed by atoms with E-state index in [-0.39, 0.29) is 0 Å². The van der Waals surface area contributed by atoms with Gasteiger partial charge in [-0.3, -0.25) is 9.69 Å². The molecule has 0 N–H and O–H groups in total. The van der Waals surface area contributed by atoms with Crippen molar-refractivity contribution in [2.75, 3.05) is 57.3 Å². The van der Waals surface area contributed by atoms with Crippen molar-refractivity contribution >= 4 is 11.6 Å². The molecule has 0 spiro atoms. The lowest BCUT2D eigenvalue weighted by Gasteiger charge is -2.36. The zero-order chi connectivity index (χ0) is 16.1. The van der Waals surface area contributed by atoms with Crippen LogP contribution in [-0.2, 0) is 4.79 Å². The summed E-state index contributed by atoms with van der Waals surface area (Å²) in [6, 6.07) is 8.22. The van der Waals surface area contributed by atoms with E-state index in [0.29, 0.717) is 19.1 Å². The zero-order valence-electron chi connectivity index (χ0n) is 14.0. The molecule has 1 aromatic rings. The van der Waals surface area contributed by atoms with Gasteiger partial charge in [-0.15, -0.1) is 0 Å². The molecule has 0 saturated carbocycles. The Morgan fingerprint density at radius 2 is 1.74 bits per heavy atom.